The predicted octanol–water partition coefficient (Wildman–Crippen LogP) is 4.66. The molecule has 26 heavy (non-hydrogen) atoms. The summed E-state index contributed by atoms with van der Waals surface area (Å²) in [6, 6.07) is 16.1. The van der Waals surface area contributed by atoms with Crippen molar-refractivity contribution in [2.45, 2.75) is 33.3 Å². The van der Waals surface area contributed by atoms with E-state index in [2.05, 4.69) is 53.4 Å². The number of H-pyrrole nitrogens is 1. The maximum Gasteiger partial charge on any atom is 0.216 e. The lowest BCUT2D eigenvalue weighted by molar-refractivity contribution is 0.306. The van der Waals surface area contributed by atoms with Crippen molar-refractivity contribution in [1.82, 2.24) is 14.9 Å². The third-order valence-corrected chi connectivity index (χ3v) is 4.20. The van der Waals surface area contributed by atoms with E-state index >= 15 is 0 Å². The molecule has 6 heteroatoms. The van der Waals surface area contributed by atoms with Crippen LogP contribution in [-0.2, 0) is 13.0 Å². The zero-order valence-electron chi connectivity index (χ0n) is 15.0. The Labute approximate surface area is 158 Å². The van der Waals surface area contributed by atoms with Crippen LogP contribution in [0.3, 0.4) is 0 Å². The molecule has 0 radical (unpaired) electrons. The van der Waals surface area contributed by atoms with E-state index in [1.807, 2.05) is 24.3 Å². The highest BCUT2D eigenvalue weighted by molar-refractivity contribution is 7.71. The molecule has 5 nitrogen and oxygen atoms in total. The summed E-state index contributed by atoms with van der Waals surface area (Å²) >= 11 is 5.26. The first-order valence-corrected chi connectivity index (χ1v) is 9.06. The van der Waals surface area contributed by atoms with Crippen LogP contribution in [0.25, 0.3) is 0 Å². The zero-order chi connectivity index (χ0) is 18.4. The highest BCUT2D eigenvalue weighted by atomic mass is 32.1. The van der Waals surface area contributed by atoms with Gasteiger partial charge in [0.25, 0.3) is 0 Å². The van der Waals surface area contributed by atoms with Crippen LogP contribution in [0, 0.1) is 11.7 Å². The zero-order valence-corrected chi connectivity index (χ0v) is 15.8. The number of nitrogens with one attached hydrogen (secondary N) is 1. The smallest absolute Gasteiger partial charge is 0.216 e. The number of rotatable bonds is 7. The number of aryl methyl sites for hydroxylation is 2. The molecule has 0 saturated heterocycles. The van der Waals surface area contributed by atoms with Crippen LogP contribution in [0.15, 0.2) is 53.6 Å². The Kier molecular flexibility index (Phi) is 5.96. The lowest BCUT2D eigenvalue weighted by Crippen LogP contribution is -2.01. The van der Waals surface area contributed by atoms with E-state index in [1.54, 1.807) is 10.9 Å². The van der Waals surface area contributed by atoms with Gasteiger partial charge in [-0.3, -0.25) is 5.10 Å². The summed E-state index contributed by atoms with van der Waals surface area (Å²) in [6.07, 6.45) is 3.55. The van der Waals surface area contributed by atoms with Crippen LogP contribution < -0.4 is 4.74 Å². The largest absolute Gasteiger partial charge is 0.488 e. The van der Waals surface area contributed by atoms with E-state index < -0.39 is 0 Å². The van der Waals surface area contributed by atoms with Crippen molar-refractivity contribution < 1.29 is 4.74 Å². The normalized spacial score (nSPS) is 11.2. The average Bonchev–Trinajstić information content (AvgIpc) is 3.00. The van der Waals surface area contributed by atoms with Gasteiger partial charge in [0.15, 0.2) is 5.82 Å². The van der Waals surface area contributed by atoms with Crippen LogP contribution in [0.5, 0.6) is 5.75 Å². The van der Waals surface area contributed by atoms with Crippen LogP contribution in [0.2, 0.25) is 0 Å². The number of para-hydroxylation sites is 1. The highest BCUT2D eigenvalue weighted by Crippen LogP contribution is 2.18. The highest BCUT2D eigenvalue weighted by Gasteiger charge is 2.05. The molecule has 2 aromatic carbocycles. The van der Waals surface area contributed by atoms with Crippen molar-refractivity contribution in [1.29, 1.82) is 0 Å². The van der Waals surface area contributed by atoms with E-state index in [4.69, 9.17) is 17.0 Å². The van der Waals surface area contributed by atoms with Gasteiger partial charge in [-0.1, -0.05) is 48.9 Å². The molecule has 0 atom stereocenters. The summed E-state index contributed by atoms with van der Waals surface area (Å²) in [5, 5.41) is 11.5. The van der Waals surface area contributed by atoms with Crippen LogP contribution in [-0.4, -0.2) is 21.1 Å². The van der Waals surface area contributed by atoms with Crippen LogP contribution in [0.1, 0.15) is 35.9 Å². The van der Waals surface area contributed by atoms with Crippen molar-refractivity contribution in [3.8, 4) is 5.75 Å². The molecule has 1 aromatic heterocycles. The Morgan fingerprint density at radius 3 is 2.73 bits per heavy atom. The fourth-order valence-corrected chi connectivity index (χ4v) is 2.71. The number of benzene rings is 2. The van der Waals surface area contributed by atoms with E-state index in [0.717, 1.165) is 35.5 Å². The third kappa shape index (κ3) is 4.46. The first kappa shape index (κ1) is 18.1. The maximum atomic E-state index is 5.99. The van der Waals surface area contributed by atoms with Gasteiger partial charge in [-0.2, -0.15) is 14.9 Å². The molecule has 0 aliphatic rings. The fourth-order valence-electron chi connectivity index (χ4n) is 2.51. The molecule has 3 rings (SSSR count). The Bertz CT molecular complexity index is 941. The number of ether oxygens (including phenoxy) is 1. The van der Waals surface area contributed by atoms with E-state index in [9.17, 15) is 0 Å². The van der Waals surface area contributed by atoms with Crippen LogP contribution >= 0.6 is 12.2 Å². The average molecular weight is 366 g/mol. The Balaban J connectivity index is 1.78. The SMILES string of the molecule is CCCc1n[nH]c(=S)n1/N=C\c1ccccc1OCc1ccc(C)cc1. The van der Waals surface area contributed by atoms with Gasteiger partial charge in [0, 0.05) is 12.0 Å². The molecule has 1 N–H and O–H groups in total. The molecule has 134 valence electrons. The molecule has 0 saturated carbocycles. The van der Waals surface area contributed by atoms with Gasteiger partial charge in [0.2, 0.25) is 4.77 Å². The number of nitrogens with zero attached hydrogens (tertiary/aromatic N) is 3. The second-order valence-corrected chi connectivity index (χ2v) is 6.45. The molecule has 3 aromatic rings. The Hall–Kier alpha value is -2.73. The Morgan fingerprint density at radius 1 is 1.19 bits per heavy atom. The number of hydrogen-bond acceptors (Lipinski definition) is 4. The minimum atomic E-state index is 0.489. The molecular weight excluding hydrogens is 344 g/mol. The van der Waals surface area contributed by atoms with Crippen molar-refractivity contribution in [3.05, 3.63) is 75.8 Å². The topological polar surface area (TPSA) is 55.2 Å². The van der Waals surface area contributed by atoms with E-state index in [0.29, 0.717) is 11.4 Å². The first-order valence-electron chi connectivity index (χ1n) is 8.65. The van der Waals surface area contributed by atoms with Crippen molar-refractivity contribution in [2.24, 2.45) is 5.10 Å². The van der Waals surface area contributed by atoms with Gasteiger partial charge >= 0.3 is 0 Å². The lowest BCUT2D eigenvalue weighted by atomic mass is 10.1. The first-order chi connectivity index (χ1) is 12.7. The van der Waals surface area contributed by atoms with Gasteiger partial charge in [0.05, 0.1) is 6.21 Å². The summed E-state index contributed by atoms with van der Waals surface area (Å²) in [6.45, 7) is 4.68. The minimum Gasteiger partial charge on any atom is -0.488 e. The summed E-state index contributed by atoms with van der Waals surface area (Å²) in [5.74, 6) is 1.61. The molecule has 0 amide bonds. The lowest BCUT2D eigenvalue weighted by Gasteiger charge is -2.09. The van der Waals surface area contributed by atoms with Crippen LogP contribution in [0.4, 0.5) is 0 Å². The molecule has 1 heterocycles. The number of aromatic amines is 1. The molecule has 0 aliphatic carbocycles. The number of hydrogen-bond donors (Lipinski definition) is 1. The predicted molar refractivity (Wildman–Crippen MR) is 106 cm³/mol. The standard InChI is InChI=1S/C20H22N4OS/c1-3-6-19-22-23-20(26)24(19)21-13-17-7-4-5-8-18(17)25-14-16-11-9-15(2)10-12-16/h4-5,7-13H,3,6,14H2,1-2H3,(H,23,26)/b21-13-. The van der Waals surface area contributed by atoms with Gasteiger partial charge in [-0.25, -0.2) is 0 Å². The van der Waals surface area contributed by atoms with Crippen molar-refractivity contribution in [2.75, 3.05) is 0 Å². The molecule has 0 unspecified atom stereocenters. The summed E-state index contributed by atoms with van der Waals surface area (Å²) in [5.41, 5.74) is 3.26. The molecule has 0 fully saturated rings. The summed E-state index contributed by atoms with van der Waals surface area (Å²) in [7, 11) is 0. The monoisotopic (exact) mass is 366 g/mol. The Morgan fingerprint density at radius 2 is 1.96 bits per heavy atom. The molecule has 0 aliphatic heterocycles. The van der Waals surface area contributed by atoms with Crippen molar-refractivity contribution >= 4 is 18.4 Å². The van der Waals surface area contributed by atoms with Crippen molar-refractivity contribution in [3.63, 3.8) is 0 Å². The number of aromatic nitrogens is 3. The molecular formula is C20H22N4OS. The quantitative estimate of drug-likeness (QED) is 0.489. The van der Waals surface area contributed by atoms with E-state index in [1.165, 1.54) is 5.56 Å². The second-order valence-electron chi connectivity index (χ2n) is 6.06. The van der Waals surface area contributed by atoms with Gasteiger partial charge in [-0.05, 0) is 43.3 Å². The van der Waals surface area contributed by atoms with Gasteiger partial charge in [-0.15, -0.1) is 0 Å². The van der Waals surface area contributed by atoms with E-state index in [-0.39, 0.29) is 0 Å². The second kappa shape index (κ2) is 8.58. The summed E-state index contributed by atoms with van der Waals surface area (Å²) < 4.78 is 8.14. The van der Waals surface area contributed by atoms with Gasteiger partial charge < -0.3 is 4.74 Å². The summed E-state index contributed by atoms with van der Waals surface area (Å²) in [4.78, 5) is 0. The van der Waals surface area contributed by atoms with Gasteiger partial charge in [0.1, 0.15) is 12.4 Å². The third-order valence-electron chi connectivity index (χ3n) is 3.94. The molecule has 0 spiro atoms. The maximum absolute atomic E-state index is 5.99. The minimum absolute atomic E-state index is 0.489. The fraction of sp³-hybridized carbons (Fsp3) is 0.250. The molecule has 0 bridgehead atoms.